The number of thioether (sulfide) groups is 1. The van der Waals surface area contributed by atoms with E-state index in [0.29, 0.717) is 29.6 Å². The Morgan fingerprint density at radius 3 is 2.67 bits per heavy atom. The van der Waals surface area contributed by atoms with Crippen LogP contribution in [0.1, 0.15) is 26.7 Å². The molecule has 0 bridgehead atoms. The second-order valence-corrected chi connectivity index (χ2v) is 6.73. The molecule has 0 unspecified atom stereocenters. The molecule has 1 aliphatic rings. The molecule has 0 atom stereocenters. The van der Waals surface area contributed by atoms with Crippen LogP contribution in [-0.4, -0.2) is 15.8 Å². The Hall–Kier alpha value is -1.03. The van der Waals surface area contributed by atoms with Crippen molar-refractivity contribution < 1.29 is 14.3 Å². The molecule has 1 N–H and O–H groups in total. The van der Waals surface area contributed by atoms with Gasteiger partial charge in [0.2, 0.25) is 0 Å². The number of benzene rings is 1. The van der Waals surface area contributed by atoms with Gasteiger partial charge in [0.1, 0.15) is 10.6 Å². The van der Waals surface area contributed by atoms with Gasteiger partial charge in [0.25, 0.3) is 0 Å². The lowest BCUT2D eigenvalue weighted by Gasteiger charge is -2.45. The Kier molecular flexibility index (Phi) is 3.66. The molecule has 0 radical (unpaired) electrons. The van der Waals surface area contributed by atoms with Crippen LogP contribution in [0.5, 0.6) is 0 Å². The average Bonchev–Trinajstić information content (AvgIpc) is 2.21. The Labute approximate surface area is 111 Å². The summed E-state index contributed by atoms with van der Waals surface area (Å²) < 4.78 is 12.3. The third kappa shape index (κ3) is 2.53. The fourth-order valence-electron chi connectivity index (χ4n) is 2.32. The highest BCUT2D eigenvalue weighted by molar-refractivity contribution is 8.01. The molecular formula is C14H17FO2S. The van der Waals surface area contributed by atoms with Crippen LogP contribution in [-0.2, 0) is 4.79 Å². The van der Waals surface area contributed by atoms with E-state index in [1.165, 1.54) is 23.9 Å². The smallest absolute Gasteiger partial charge is 0.320 e. The highest BCUT2D eigenvalue weighted by atomic mass is 32.2. The van der Waals surface area contributed by atoms with Gasteiger partial charge < -0.3 is 5.11 Å². The zero-order chi connectivity index (χ0) is 13.3. The fourth-order valence-corrected chi connectivity index (χ4v) is 3.77. The molecule has 1 aromatic rings. The zero-order valence-electron chi connectivity index (χ0n) is 10.5. The van der Waals surface area contributed by atoms with Crippen molar-refractivity contribution in [3.8, 4) is 0 Å². The van der Waals surface area contributed by atoms with E-state index < -0.39 is 10.7 Å². The summed E-state index contributed by atoms with van der Waals surface area (Å²) in [5, 5.41) is 9.40. The Balaban J connectivity index is 2.12. The van der Waals surface area contributed by atoms with Gasteiger partial charge in [-0.3, -0.25) is 4.79 Å². The first-order chi connectivity index (χ1) is 8.43. The van der Waals surface area contributed by atoms with Crippen molar-refractivity contribution in [2.24, 2.45) is 11.8 Å². The molecule has 98 valence electrons. The van der Waals surface area contributed by atoms with E-state index in [9.17, 15) is 14.3 Å². The Morgan fingerprint density at radius 2 is 2.17 bits per heavy atom. The maximum Gasteiger partial charge on any atom is 0.320 e. The largest absolute Gasteiger partial charge is 0.480 e. The lowest BCUT2D eigenvalue weighted by Crippen LogP contribution is -2.49. The number of rotatable bonds is 4. The first kappa shape index (κ1) is 13.4. The number of hydrogen-bond acceptors (Lipinski definition) is 2. The van der Waals surface area contributed by atoms with E-state index in [1.54, 1.807) is 12.1 Å². The third-order valence-electron chi connectivity index (χ3n) is 3.63. The van der Waals surface area contributed by atoms with Crippen molar-refractivity contribution in [1.82, 2.24) is 0 Å². The van der Waals surface area contributed by atoms with Gasteiger partial charge in [-0.15, -0.1) is 11.8 Å². The number of carbonyl (C=O) groups is 1. The number of halogens is 1. The van der Waals surface area contributed by atoms with Gasteiger partial charge in [0.15, 0.2) is 0 Å². The number of hydrogen-bond donors (Lipinski definition) is 1. The van der Waals surface area contributed by atoms with Gasteiger partial charge in [-0.25, -0.2) is 4.39 Å². The Morgan fingerprint density at radius 1 is 1.50 bits per heavy atom. The molecule has 2 rings (SSSR count). The molecule has 0 spiro atoms. The predicted octanol–water partition coefficient (Wildman–Crippen LogP) is 3.81. The molecule has 1 saturated carbocycles. The second kappa shape index (κ2) is 4.92. The fraction of sp³-hybridized carbons (Fsp3) is 0.500. The van der Waals surface area contributed by atoms with Gasteiger partial charge in [0, 0.05) is 4.90 Å². The normalized spacial score (nSPS) is 27.0. The van der Waals surface area contributed by atoms with E-state index in [2.05, 4.69) is 13.8 Å². The molecule has 0 aromatic heterocycles. The van der Waals surface area contributed by atoms with Crippen LogP contribution in [0.3, 0.4) is 0 Å². The summed E-state index contributed by atoms with van der Waals surface area (Å²) in [4.78, 5) is 12.1. The van der Waals surface area contributed by atoms with E-state index in [1.807, 2.05) is 0 Å². The van der Waals surface area contributed by atoms with Gasteiger partial charge in [0.05, 0.1) is 0 Å². The zero-order valence-corrected chi connectivity index (χ0v) is 11.3. The molecule has 0 saturated heterocycles. The van der Waals surface area contributed by atoms with Crippen molar-refractivity contribution in [3.05, 3.63) is 30.1 Å². The minimum Gasteiger partial charge on any atom is -0.480 e. The lowest BCUT2D eigenvalue weighted by molar-refractivity contribution is -0.144. The first-order valence-corrected chi connectivity index (χ1v) is 6.92. The minimum atomic E-state index is -0.784. The molecule has 1 aliphatic carbocycles. The molecule has 1 aromatic carbocycles. The van der Waals surface area contributed by atoms with E-state index in [4.69, 9.17) is 0 Å². The molecule has 0 heterocycles. The summed E-state index contributed by atoms with van der Waals surface area (Å²) in [6.45, 7) is 4.23. The van der Waals surface area contributed by atoms with Gasteiger partial charge in [-0.2, -0.15) is 0 Å². The highest BCUT2D eigenvalue weighted by Crippen LogP contribution is 2.53. The molecule has 4 heteroatoms. The quantitative estimate of drug-likeness (QED) is 0.902. The maximum atomic E-state index is 13.1. The number of carboxylic acid groups (broad SMARTS) is 1. The molecule has 0 amide bonds. The highest BCUT2D eigenvalue weighted by Gasteiger charge is 2.52. The van der Waals surface area contributed by atoms with Crippen LogP contribution in [0, 0.1) is 17.7 Å². The molecule has 0 aliphatic heterocycles. The van der Waals surface area contributed by atoms with Crippen molar-refractivity contribution in [2.45, 2.75) is 36.3 Å². The maximum absolute atomic E-state index is 13.1. The van der Waals surface area contributed by atoms with Gasteiger partial charge in [-0.1, -0.05) is 19.9 Å². The monoisotopic (exact) mass is 268 g/mol. The predicted molar refractivity (Wildman–Crippen MR) is 70.2 cm³/mol. The van der Waals surface area contributed by atoms with Crippen LogP contribution >= 0.6 is 11.8 Å². The number of aliphatic carboxylic acids is 1. The average molecular weight is 268 g/mol. The van der Waals surface area contributed by atoms with Crippen LogP contribution in [0.2, 0.25) is 0 Å². The minimum absolute atomic E-state index is 0.319. The van der Waals surface area contributed by atoms with Crippen LogP contribution in [0.15, 0.2) is 29.2 Å². The Bertz CT molecular complexity index is 453. The number of carboxylic acids is 1. The second-order valence-electron chi connectivity index (χ2n) is 5.27. The van der Waals surface area contributed by atoms with Crippen LogP contribution in [0.25, 0.3) is 0 Å². The summed E-state index contributed by atoms with van der Waals surface area (Å²) in [6, 6.07) is 6.15. The molecule has 1 fully saturated rings. The topological polar surface area (TPSA) is 37.3 Å². The molecule has 2 nitrogen and oxygen atoms in total. The molecular weight excluding hydrogens is 251 g/mol. The van der Waals surface area contributed by atoms with Crippen molar-refractivity contribution in [1.29, 1.82) is 0 Å². The summed E-state index contributed by atoms with van der Waals surface area (Å²) >= 11 is 1.28. The van der Waals surface area contributed by atoms with Crippen molar-refractivity contribution in [3.63, 3.8) is 0 Å². The van der Waals surface area contributed by atoms with Gasteiger partial charge >= 0.3 is 5.97 Å². The standard InChI is InChI=1S/C14H17FO2S/c1-9(2)10-7-14(8-10,13(16)17)18-12-5-3-4-11(15)6-12/h3-6,9-10H,7-8H2,1-2H3,(H,16,17). The SMILES string of the molecule is CC(C)C1CC(Sc2cccc(F)c2)(C(=O)O)C1. The summed E-state index contributed by atoms with van der Waals surface area (Å²) in [5.74, 6) is -0.137. The van der Waals surface area contributed by atoms with Crippen molar-refractivity contribution in [2.75, 3.05) is 0 Å². The summed E-state index contributed by atoms with van der Waals surface area (Å²) in [5.41, 5.74) is 0. The van der Waals surface area contributed by atoms with Crippen LogP contribution < -0.4 is 0 Å². The van der Waals surface area contributed by atoms with Crippen LogP contribution in [0.4, 0.5) is 4.39 Å². The van der Waals surface area contributed by atoms with Gasteiger partial charge in [-0.05, 0) is 42.9 Å². The van der Waals surface area contributed by atoms with E-state index >= 15 is 0 Å². The lowest BCUT2D eigenvalue weighted by atomic mass is 9.69. The summed E-state index contributed by atoms with van der Waals surface area (Å²) in [7, 11) is 0. The van der Waals surface area contributed by atoms with Crippen molar-refractivity contribution >= 4 is 17.7 Å². The third-order valence-corrected chi connectivity index (χ3v) is 5.01. The van der Waals surface area contributed by atoms with E-state index in [-0.39, 0.29) is 5.82 Å². The first-order valence-electron chi connectivity index (χ1n) is 6.11. The van der Waals surface area contributed by atoms with E-state index in [0.717, 1.165) is 0 Å². The summed E-state index contributed by atoms with van der Waals surface area (Å²) in [6.07, 6.45) is 1.34. The molecule has 18 heavy (non-hydrogen) atoms.